The van der Waals surface area contributed by atoms with Crippen LogP contribution in [-0.2, 0) is 13.1 Å². The monoisotopic (exact) mass is 509 g/mol. The Morgan fingerprint density at radius 3 is 2.39 bits per heavy atom. The molecule has 0 bridgehead atoms. The van der Waals surface area contributed by atoms with Crippen LogP contribution in [0.1, 0.15) is 44.3 Å². The van der Waals surface area contributed by atoms with Gasteiger partial charge in [-0.2, -0.15) is 4.98 Å². The van der Waals surface area contributed by atoms with Gasteiger partial charge in [0.05, 0.1) is 17.8 Å². The second kappa shape index (κ2) is 8.80. The zero-order chi connectivity index (χ0) is 26.0. The molecular formula is C29H31N7O2. The van der Waals surface area contributed by atoms with Gasteiger partial charge in [-0.15, -0.1) is 0 Å². The van der Waals surface area contributed by atoms with Gasteiger partial charge < -0.3 is 15.2 Å². The molecule has 0 radical (unpaired) electrons. The number of nitrogens with zero attached hydrogens (tertiary/aromatic N) is 6. The van der Waals surface area contributed by atoms with E-state index in [0.717, 1.165) is 59.9 Å². The summed E-state index contributed by atoms with van der Waals surface area (Å²) >= 11 is 0. The zero-order valence-electron chi connectivity index (χ0n) is 21.5. The molecule has 1 saturated heterocycles. The van der Waals surface area contributed by atoms with E-state index in [0.29, 0.717) is 29.9 Å². The largest absolute Gasteiger partial charge is 0.341 e. The SMILES string of the molecule is CCn1c(N2CCC[C@@H](N)C2)nc2c1c(=O)n(Cc1nc3ccccc3c3ccccc13)c(=O)n2C1CC1. The number of piperidine rings is 1. The van der Waals surface area contributed by atoms with Gasteiger partial charge in [-0.1, -0.05) is 42.5 Å². The van der Waals surface area contributed by atoms with E-state index in [1.807, 2.05) is 47.9 Å². The number of hydrogen-bond donors (Lipinski definition) is 1. The molecule has 0 spiro atoms. The van der Waals surface area contributed by atoms with Crippen LogP contribution in [0.2, 0.25) is 0 Å². The van der Waals surface area contributed by atoms with Crippen LogP contribution in [0.3, 0.4) is 0 Å². The highest BCUT2D eigenvalue weighted by Gasteiger charge is 2.32. The first-order chi connectivity index (χ1) is 18.5. The van der Waals surface area contributed by atoms with Crippen LogP contribution >= 0.6 is 0 Å². The van der Waals surface area contributed by atoms with Gasteiger partial charge >= 0.3 is 5.69 Å². The Morgan fingerprint density at radius 1 is 0.921 bits per heavy atom. The maximum Gasteiger partial charge on any atom is 0.333 e. The summed E-state index contributed by atoms with van der Waals surface area (Å²) in [5, 5.41) is 3.06. The van der Waals surface area contributed by atoms with Crippen molar-refractivity contribution >= 4 is 38.8 Å². The van der Waals surface area contributed by atoms with Crippen LogP contribution in [0.4, 0.5) is 5.95 Å². The number of aryl methyl sites for hydroxylation is 1. The second-order valence-corrected chi connectivity index (χ2v) is 10.6. The fourth-order valence-electron chi connectivity index (χ4n) is 6.02. The Bertz CT molecular complexity index is 1830. The van der Waals surface area contributed by atoms with Gasteiger partial charge in [0, 0.05) is 42.5 Å². The minimum atomic E-state index is -0.317. The first kappa shape index (κ1) is 23.2. The average Bonchev–Trinajstić information content (AvgIpc) is 3.70. The molecule has 0 unspecified atom stereocenters. The molecule has 38 heavy (non-hydrogen) atoms. The van der Waals surface area contributed by atoms with Crippen LogP contribution in [0.5, 0.6) is 0 Å². The number of fused-ring (bicyclic) bond motifs is 4. The predicted octanol–water partition coefficient (Wildman–Crippen LogP) is 3.39. The van der Waals surface area contributed by atoms with Crippen molar-refractivity contribution < 1.29 is 0 Å². The van der Waals surface area contributed by atoms with Gasteiger partial charge in [0.25, 0.3) is 5.56 Å². The van der Waals surface area contributed by atoms with Gasteiger partial charge in [0.1, 0.15) is 0 Å². The quantitative estimate of drug-likeness (QED) is 0.364. The lowest BCUT2D eigenvalue weighted by atomic mass is 10.0. The van der Waals surface area contributed by atoms with Crippen molar-refractivity contribution in [3.05, 3.63) is 75.1 Å². The molecule has 1 aliphatic carbocycles. The third-order valence-corrected chi connectivity index (χ3v) is 8.01. The summed E-state index contributed by atoms with van der Waals surface area (Å²) in [6.07, 6.45) is 3.78. The summed E-state index contributed by atoms with van der Waals surface area (Å²) in [7, 11) is 0. The minimum absolute atomic E-state index is 0.0647. The summed E-state index contributed by atoms with van der Waals surface area (Å²) in [6.45, 7) is 4.23. The lowest BCUT2D eigenvalue weighted by Gasteiger charge is -2.31. The Labute approximate surface area is 219 Å². The fourth-order valence-corrected chi connectivity index (χ4v) is 6.02. The van der Waals surface area contributed by atoms with Gasteiger partial charge in [-0.05, 0) is 44.1 Å². The maximum atomic E-state index is 14.1. The minimum Gasteiger partial charge on any atom is -0.341 e. The van der Waals surface area contributed by atoms with Crippen LogP contribution in [0, 0.1) is 0 Å². The van der Waals surface area contributed by atoms with Crippen molar-refractivity contribution in [2.45, 2.75) is 57.8 Å². The lowest BCUT2D eigenvalue weighted by Crippen LogP contribution is -2.44. The number of para-hydroxylation sites is 1. The van der Waals surface area contributed by atoms with E-state index < -0.39 is 0 Å². The molecule has 9 nitrogen and oxygen atoms in total. The molecule has 0 amide bonds. The van der Waals surface area contributed by atoms with E-state index in [1.54, 1.807) is 4.57 Å². The number of anilines is 1. The van der Waals surface area contributed by atoms with Crippen LogP contribution < -0.4 is 21.9 Å². The molecule has 194 valence electrons. The maximum absolute atomic E-state index is 14.1. The van der Waals surface area contributed by atoms with Crippen molar-refractivity contribution in [2.24, 2.45) is 5.73 Å². The Balaban J connectivity index is 1.46. The number of pyridine rings is 1. The average molecular weight is 510 g/mol. The van der Waals surface area contributed by atoms with E-state index in [1.165, 1.54) is 4.57 Å². The number of nitrogens with two attached hydrogens (primary N) is 1. The topological polar surface area (TPSA) is 104 Å². The second-order valence-electron chi connectivity index (χ2n) is 10.6. The lowest BCUT2D eigenvalue weighted by molar-refractivity contribution is 0.494. The van der Waals surface area contributed by atoms with Gasteiger partial charge in [-0.25, -0.2) is 4.79 Å². The van der Waals surface area contributed by atoms with Crippen molar-refractivity contribution in [2.75, 3.05) is 18.0 Å². The third-order valence-electron chi connectivity index (χ3n) is 8.01. The summed E-state index contributed by atoms with van der Waals surface area (Å²) in [5.74, 6) is 0.732. The van der Waals surface area contributed by atoms with Gasteiger partial charge in [0.15, 0.2) is 11.2 Å². The van der Waals surface area contributed by atoms with Crippen LogP contribution in [0.25, 0.3) is 32.8 Å². The van der Waals surface area contributed by atoms with E-state index >= 15 is 0 Å². The highest BCUT2D eigenvalue weighted by molar-refractivity contribution is 6.06. The first-order valence-corrected chi connectivity index (χ1v) is 13.6. The van der Waals surface area contributed by atoms with E-state index in [-0.39, 0.29) is 29.9 Å². The van der Waals surface area contributed by atoms with E-state index in [4.69, 9.17) is 15.7 Å². The molecule has 1 saturated carbocycles. The first-order valence-electron chi connectivity index (χ1n) is 13.6. The number of hydrogen-bond acceptors (Lipinski definition) is 6. The summed E-state index contributed by atoms with van der Waals surface area (Å²) < 4.78 is 5.08. The molecule has 9 heteroatoms. The molecule has 4 heterocycles. The van der Waals surface area contributed by atoms with Crippen LogP contribution in [0.15, 0.2) is 58.1 Å². The molecular weight excluding hydrogens is 478 g/mol. The fraction of sp³-hybridized carbons (Fsp3) is 0.379. The molecule has 2 N–H and O–H groups in total. The van der Waals surface area contributed by atoms with Crippen molar-refractivity contribution in [3.8, 4) is 0 Å². The van der Waals surface area contributed by atoms with Gasteiger partial charge in [-0.3, -0.25) is 18.9 Å². The molecule has 1 aliphatic heterocycles. The summed E-state index contributed by atoms with van der Waals surface area (Å²) in [6, 6.07) is 16.2. The number of benzene rings is 2. The van der Waals surface area contributed by atoms with E-state index in [9.17, 15) is 9.59 Å². The molecule has 3 aromatic heterocycles. The Morgan fingerprint density at radius 2 is 1.66 bits per heavy atom. The molecule has 1 atom stereocenters. The normalized spacial score (nSPS) is 18.2. The molecule has 7 rings (SSSR count). The van der Waals surface area contributed by atoms with E-state index in [2.05, 4.69) is 17.0 Å². The standard InChI is InChI=1S/C29H31N7O2/c1-2-34-25-26(32-28(34)33-15-7-8-18(30)16-33)36(19-13-14-19)29(38)35(27(25)37)17-24-22-11-4-3-9-20(22)21-10-5-6-12-23(21)31-24/h3-6,9-12,18-19H,2,7-8,13-17,30H2,1H3/t18-/m1/s1. The number of rotatable bonds is 5. The summed E-state index contributed by atoms with van der Waals surface area (Å²) in [5.41, 5.74) is 8.19. The van der Waals surface area contributed by atoms with Gasteiger partial charge in [0.2, 0.25) is 5.95 Å². The van der Waals surface area contributed by atoms with Crippen molar-refractivity contribution in [1.82, 2.24) is 23.7 Å². The number of imidazole rings is 1. The summed E-state index contributed by atoms with van der Waals surface area (Å²) in [4.78, 5) is 40.1. The molecule has 2 aliphatic rings. The molecule has 2 fully saturated rings. The Kier molecular flexibility index (Phi) is 5.36. The van der Waals surface area contributed by atoms with Crippen molar-refractivity contribution in [1.29, 1.82) is 0 Å². The van der Waals surface area contributed by atoms with Crippen LogP contribution in [-0.4, -0.2) is 42.8 Å². The Hall–Kier alpha value is -3.98. The zero-order valence-corrected chi connectivity index (χ0v) is 21.5. The highest BCUT2D eigenvalue weighted by Crippen LogP contribution is 2.36. The van der Waals surface area contributed by atoms with Crippen molar-refractivity contribution in [3.63, 3.8) is 0 Å². The smallest absolute Gasteiger partial charge is 0.333 e. The molecule has 2 aromatic carbocycles. The number of aromatic nitrogens is 5. The third kappa shape index (κ3) is 3.56. The molecule has 5 aromatic rings. The predicted molar refractivity (Wildman–Crippen MR) is 150 cm³/mol. The highest BCUT2D eigenvalue weighted by atomic mass is 16.2.